The third kappa shape index (κ3) is 4.66. The summed E-state index contributed by atoms with van der Waals surface area (Å²) >= 11 is 0. The van der Waals surface area contributed by atoms with Crippen LogP contribution in [0.25, 0.3) is 10.9 Å². The van der Waals surface area contributed by atoms with Crippen LogP contribution in [0, 0.1) is 13.8 Å². The van der Waals surface area contributed by atoms with Gasteiger partial charge in [-0.25, -0.2) is 4.79 Å². The summed E-state index contributed by atoms with van der Waals surface area (Å²) in [5.74, 6) is -0.299. The second kappa shape index (κ2) is 9.26. The molecule has 0 spiro atoms. The van der Waals surface area contributed by atoms with Gasteiger partial charge < -0.3 is 19.7 Å². The quantitative estimate of drug-likeness (QED) is 0.585. The number of carbonyl (C=O) groups is 2. The lowest BCUT2D eigenvalue weighted by Gasteiger charge is -2.19. The molecule has 32 heavy (non-hydrogen) atoms. The van der Waals surface area contributed by atoms with Gasteiger partial charge in [-0.15, -0.1) is 0 Å². The monoisotopic (exact) mass is 433 g/mol. The number of ether oxygens (including phenoxy) is 2. The third-order valence-electron chi connectivity index (χ3n) is 5.72. The number of aryl methyl sites for hydroxylation is 2. The molecule has 7 nitrogen and oxygen atoms in total. The van der Waals surface area contributed by atoms with Crippen molar-refractivity contribution in [2.45, 2.75) is 26.7 Å². The third-order valence-corrected chi connectivity index (χ3v) is 5.72. The Hall–Kier alpha value is -3.61. The average molecular weight is 434 g/mol. The van der Waals surface area contributed by atoms with E-state index in [-0.39, 0.29) is 12.5 Å². The number of nitrogens with zero attached hydrogens (tertiary/aromatic N) is 2. The molecule has 0 atom stereocenters. The van der Waals surface area contributed by atoms with E-state index in [4.69, 9.17) is 9.47 Å². The Morgan fingerprint density at radius 1 is 1.06 bits per heavy atom. The van der Waals surface area contributed by atoms with E-state index in [9.17, 15) is 9.59 Å². The van der Waals surface area contributed by atoms with Crippen LogP contribution in [0.2, 0.25) is 0 Å². The van der Waals surface area contributed by atoms with E-state index in [0.29, 0.717) is 22.7 Å². The summed E-state index contributed by atoms with van der Waals surface area (Å²) in [5.41, 5.74) is 4.47. The summed E-state index contributed by atoms with van der Waals surface area (Å²) in [4.78, 5) is 31.8. The predicted octanol–water partition coefficient (Wildman–Crippen LogP) is 4.26. The maximum absolute atomic E-state index is 12.6. The first-order valence-electron chi connectivity index (χ1n) is 10.7. The number of fused-ring (bicyclic) bond motifs is 1. The molecule has 0 aliphatic carbocycles. The molecule has 3 aromatic rings. The lowest BCUT2D eigenvalue weighted by Crippen LogP contribution is -2.22. The van der Waals surface area contributed by atoms with Crippen molar-refractivity contribution < 1.29 is 19.1 Å². The number of rotatable bonds is 6. The van der Waals surface area contributed by atoms with Crippen molar-refractivity contribution in [3.05, 3.63) is 59.3 Å². The molecule has 0 unspecified atom stereocenters. The SMILES string of the molecule is COc1ccc2nc(C)c(C(=O)OCC(=O)Nc3ccc(N4CCCC4)cc3C)cc2c1. The molecule has 0 radical (unpaired) electrons. The van der Waals surface area contributed by atoms with Crippen molar-refractivity contribution in [2.24, 2.45) is 0 Å². The van der Waals surface area contributed by atoms with Crippen LogP contribution in [-0.4, -0.2) is 43.7 Å². The molecule has 1 amide bonds. The normalized spacial score (nSPS) is 13.3. The predicted molar refractivity (Wildman–Crippen MR) is 125 cm³/mol. The van der Waals surface area contributed by atoms with Crippen molar-refractivity contribution in [1.29, 1.82) is 0 Å². The largest absolute Gasteiger partial charge is 0.497 e. The number of esters is 1. The topological polar surface area (TPSA) is 80.8 Å². The van der Waals surface area contributed by atoms with Crippen LogP contribution >= 0.6 is 0 Å². The summed E-state index contributed by atoms with van der Waals surface area (Å²) in [6, 6.07) is 13.1. The van der Waals surface area contributed by atoms with Crippen LogP contribution in [0.1, 0.15) is 34.5 Å². The molecule has 4 rings (SSSR count). The Balaban J connectivity index is 1.39. The van der Waals surface area contributed by atoms with E-state index < -0.39 is 5.97 Å². The van der Waals surface area contributed by atoms with Crippen LogP contribution in [0.15, 0.2) is 42.5 Å². The maximum Gasteiger partial charge on any atom is 0.340 e. The van der Waals surface area contributed by atoms with E-state index in [1.807, 2.05) is 31.2 Å². The first-order valence-corrected chi connectivity index (χ1v) is 10.7. The van der Waals surface area contributed by atoms with Crippen molar-refractivity contribution >= 4 is 34.2 Å². The summed E-state index contributed by atoms with van der Waals surface area (Å²) in [5, 5.41) is 3.59. The summed E-state index contributed by atoms with van der Waals surface area (Å²) in [6.45, 7) is 5.46. The fourth-order valence-corrected chi connectivity index (χ4v) is 3.94. The van der Waals surface area contributed by atoms with E-state index in [2.05, 4.69) is 21.3 Å². The molecule has 1 N–H and O–H groups in total. The molecule has 0 bridgehead atoms. The minimum atomic E-state index is -0.587. The number of pyridine rings is 1. The van der Waals surface area contributed by atoms with Gasteiger partial charge in [-0.1, -0.05) is 0 Å². The van der Waals surface area contributed by atoms with Gasteiger partial charge in [0.25, 0.3) is 5.91 Å². The molecule has 1 saturated heterocycles. The Kier molecular flexibility index (Phi) is 6.25. The molecular weight excluding hydrogens is 406 g/mol. The van der Waals surface area contributed by atoms with E-state index in [1.54, 1.807) is 26.2 Å². The zero-order chi connectivity index (χ0) is 22.7. The number of nitrogens with one attached hydrogen (secondary N) is 1. The molecule has 1 aliphatic heterocycles. The second-order valence-electron chi connectivity index (χ2n) is 8.00. The van der Waals surface area contributed by atoms with E-state index >= 15 is 0 Å². The molecule has 2 heterocycles. The zero-order valence-corrected chi connectivity index (χ0v) is 18.6. The van der Waals surface area contributed by atoms with Gasteiger partial charge >= 0.3 is 5.97 Å². The standard InChI is InChI=1S/C25H27N3O4/c1-16-12-19(28-10-4-5-11-28)6-8-22(16)27-24(29)15-32-25(30)21-14-18-13-20(31-3)7-9-23(18)26-17(21)2/h6-9,12-14H,4-5,10-11,15H2,1-3H3,(H,27,29). The van der Waals surface area contributed by atoms with Gasteiger partial charge in [0, 0.05) is 29.9 Å². The van der Waals surface area contributed by atoms with E-state index in [0.717, 1.165) is 29.6 Å². The number of methoxy groups -OCH3 is 1. The summed E-state index contributed by atoms with van der Waals surface area (Å²) < 4.78 is 10.5. The van der Waals surface area contributed by atoms with Gasteiger partial charge in [-0.2, -0.15) is 0 Å². The number of benzene rings is 2. The van der Waals surface area contributed by atoms with Gasteiger partial charge in [-0.3, -0.25) is 9.78 Å². The Morgan fingerprint density at radius 3 is 2.56 bits per heavy atom. The highest BCUT2D eigenvalue weighted by atomic mass is 16.5. The molecule has 0 saturated carbocycles. The van der Waals surface area contributed by atoms with Gasteiger partial charge in [0.05, 0.1) is 23.9 Å². The van der Waals surface area contributed by atoms with Crippen LogP contribution in [0.4, 0.5) is 11.4 Å². The molecule has 1 aromatic heterocycles. The van der Waals surface area contributed by atoms with Gasteiger partial charge in [0.15, 0.2) is 6.61 Å². The van der Waals surface area contributed by atoms with Gasteiger partial charge in [-0.05, 0) is 74.7 Å². The lowest BCUT2D eigenvalue weighted by molar-refractivity contribution is -0.119. The molecule has 2 aromatic carbocycles. The number of hydrogen-bond donors (Lipinski definition) is 1. The second-order valence-corrected chi connectivity index (χ2v) is 8.00. The summed E-state index contributed by atoms with van der Waals surface area (Å²) in [7, 11) is 1.58. The minimum Gasteiger partial charge on any atom is -0.497 e. The zero-order valence-electron chi connectivity index (χ0n) is 18.6. The number of anilines is 2. The number of aromatic nitrogens is 1. The molecule has 166 valence electrons. The average Bonchev–Trinajstić information content (AvgIpc) is 3.33. The first-order chi connectivity index (χ1) is 15.4. The summed E-state index contributed by atoms with van der Waals surface area (Å²) in [6.07, 6.45) is 2.42. The molecule has 1 aliphatic rings. The Bertz CT molecular complexity index is 1170. The highest BCUT2D eigenvalue weighted by Crippen LogP contribution is 2.26. The van der Waals surface area contributed by atoms with Crippen LogP contribution in [-0.2, 0) is 9.53 Å². The Labute approximate surface area is 187 Å². The van der Waals surface area contributed by atoms with Crippen molar-refractivity contribution in [1.82, 2.24) is 4.98 Å². The molecular formula is C25H27N3O4. The Morgan fingerprint density at radius 2 is 1.84 bits per heavy atom. The maximum atomic E-state index is 12.6. The van der Waals surface area contributed by atoms with Crippen molar-refractivity contribution in [2.75, 3.05) is 37.0 Å². The molecule has 7 heteroatoms. The van der Waals surface area contributed by atoms with Gasteiger partial charge in [0.2, 0.25) is 0 Å². The first kappa shape index (κ1) is 21.6. The highest BCUT2D eigenvalue weighted by Gasteiger charge is 2.17. The smallest absolute Gasteiger partial charge is 0.340 e. The van der Waals surface area contributed by atoms with Gasteiger partial charge in [0.1, 0.15) is 5.75 Å². The van der Waals surface area contributed by atoms with Crippen LogP contribution in [0.5, 0.6) is 5.75 Å². The minimum absolute atomic E-state index is 0.324. The number of carbonyl (C=O) groups excluding carboxylic acids is 2. The number of hydrogen-bond acceptors (Lipinski definition) is 6. The fourth-order valence-electron chi connectivity index (χ4n) is 3.94. The van der Waals surface area contributed by atoms with E-state index in [1.165, 1.54) is 18.5 Å². The highest BCUT2D eigenvalue weighted by molar-refractivity contribution is 5.98. The van der Waals surface area contributed by atoms with Crippen LogP contribution in [0.3, 0.4) is 0 Å². The van der Waals surface area contributed by atoms with Crippen molar-refractivity contribution in [3.63, 3.8) is 0 Å². The molecule has 1 fully saturated rings. The number of amides is 1. The lowest BCUT2D eigenvalue weighted by atomic mass is 10.1. The fraction of sp³-hybridized carbons (Fsp3) is 0.320. The van der Waals surface area contributed by atoms with Crippen LogP contribution < -0.4 is 15.0 Å². The van der Waals surface area contributed by atoms with Crippen molar-refractivity contribution in [3.8, 4) is 5.75 Å².